The van der Waals surface area contributed by atoms with Gasteiger partial charge in [0.2, 0.25) is 5.91 Å². The molecule has 3 rings (SSSR count). The van der Waals surface area contributed by atoms with E-state index in [4.69, 9.17) is 5.73 Å². The van der Waals surface area contributed by atoms with E-state index in [1.807, 2.05) is 13.0 Å². The van der Waals surface area contributed by atoms with E-state index in [0.29, 0.717) is 23.8 Å². The molecule has 2 aliphatic rings. The molecule has 1 amide bonds. The molecular weight excluding hydrogens is 327 g/mol. The van der Waals surface area contributed by atoms with Crippen LogP contribution in [0.5, 0.6) is 0 Å². The molecule has 0 aliphatic heterocycles. The van der Waals surface area contributed by atoms with Crippen LogP contribution in [-0.4, -0.2) is 18.0 Å². The predicted molar refractivity (Wildman–Crippen MR) is 96.5 cm³/mol. The first-order valence-corrected chi connectivity index (χ1v) is 8.84. The molecule has 5 heteroatoms. The first-order valence-electron chi connectivity index (χ1n) is 8.84. The van der Waals surface area contributed by atoms with E-state index in [0.717, 1.165) is 25.7 Å². The van der Waals surface area contributed by atoms with Gasteiger partial charge in [0, 0.05) is 18.0 Å². The van der Waals surface area contributed by atoms with Crippen LogP contribution < -0.4 is 11.1 Å². The van der Waals surface area contributed by atoms with E-state index in [9.17, 15) is 9.18 Å². The van der Waals surface area contributed by atoms with Crippen molar-refractivity contribution in [3.05, 3.63) is 35.6 Å². The summed E-state index contributed by atoms with van der Waals surface area (Å²) in [6.07, 6.45) is 6.05. The van der Waals surface area contributed by atoms with Gasteiger partial charge in [-0.15, -0.1) is 12.4 Å². The van der Waals surface area contributed by atoms with E-state index >= 15 is 0 Å². The zero-order valence-corrected chi connectivity index (χ0v) is 15.0. The number of amides is 1. The number of fused-ring (bicyclic) bond motifs is 2. The Labute approximate surface area is 150 Å². The highest BCUT2D eigenvalue weighted by Crippen LogP contribution is 2.39. The minimum Gasteiger partial charge on any atom is -0.353 e. The fourth-order valence-corrected chi connectivity index (χ4v) is 4.42. The second-order valence-electron chi connectivity index (χ2n) is 7.41. The largest absolute Gasteiger partial charge is 0.353 e. The van der Waals surface area contributed by atoms with Crippen LogP contribution in [0.2, 0.25) is 0 Å². The van der Waals surface area contributed by atoms with Crippen molar-refractivity contribution < 1.29 is 9.18 Å². The average Bonchev–Trinajstić information content (AvgIpc) is 2.50. The minimum absolute atomic E-state index is 0. The summed E-state index contributed by atoms with van der Waals surface area (Å²) in [4.78, 5) is 12.6. The van der Waals surface area contributed by atoms with Gasteiger partial charge in [0.1, 0.15) is 5.82 Å². The Kier molecular flexibility index (Phi) is 6.64. The summed E-state index contributed by atoms with van der Waals surface area (Å²) < 4.78 is 13.8. The van der Waals surface area contributed by atoms with Crippen LogP contribution in [0.3, 0.4) is 0 Å². The molecule has 24 heavy (non-hydrogen) atoms. The van der Waals surface area contributed by atoms with Gasteiger partial charge in [0.15, 0.2) is 0 Å². The van der Waals surface area contributed by atoms with Crippen molar-refractivity contribution in [2.45, 2.75) is 57.5 Å². The number of nitrogens with two attached hydrogens (primary N) is 1. The number of halogens is 2. The maximum Gasteiger partial charge on any atom is 0.223 e. The van der Waals surface area contributed by atoms with Crippen LogP contribution >= 0.6 is 12.4 Å². The molecule has 0 heterocycles. The van der Waals surface area contributed by atoms with Crippen LogP contribution in [0.4, 0.5) is 4.39 Å². The quantitative estimate of drug-likeness (QED) is 0.870. The first-order chi connectivity index (χ1) is 11.0. The molecule has 1 aromatic rings. The number of benzene rings is 1. The second-order valence-corrected chi connectivity index (χ2v) is 7.41. The van der Waals surface area contributed by atoms with Gasteiger partial charge in [-0.1, -0.05) is 31.5 Å². The number of nitrogens with one attached hydrogen (secondary N) is 1. The minimum atomic E-state index is -0.229. The van der Waals surface area contributed by atoms with Gasteiger partial charge in [-0.3, -0.25) is 4.79 Å². The highest BCUT2D eigenvalue weighted by molar-refractivity contribution is 5.85. The normalized spacial score (nSPS) is 30.1. The Hall–Kier alpha value is -1.13. The van der Waals surface area contributed by atoms with Crippen molar-refractivity contribution in [1.29, 1.82) is 0 Å². The lowest BCUT2D eigenvalue weighted by molar-refractivity contribution is -0.126. The van der Waals surface area contributed by atoms with Crippen molar-refractivity contribution in [3.63, 3.8) is 0 Å². The third-order valence-electron chi connectivity index (χ3n) is 5.62. The summed E-state index contributed by atoms with van der Waals surface area (Å²) >= 11 is 0. The highest BCUT2D eigenvalue weighted by Gasteiger charge is 2.40. The first kappa shape index (κ1) is 19.2. The fourth-order valence-electron chi connectivity index (χ4n) is 4.42. The van der Waals surface area contributed by atoms with Gasteiger partial charge >= 0.3 is 0 Å². The monoisotopic (exact) mass is 354 g/mol. The molecule has 3 atom stereocenters. The molecule has 1 aromatic carbocycles. The highest BCUT2D eigenvalue weighted by atomic mass is 35.5. The molecule has 2 fully saturated rings. The van der Waals surface area contributed by atoms with E-state index < -0.39 is 0 Å². The number of hydrogen-bond acceptors (Lipinski definition) is 2. The lowest BCUT2D eigenvalue weighted by Crippen LogP contribution is -2.54. The summed E-state index contributed by atoms with van der Waals surface area (Å²) in [6.45, 7) is 1.88. The maximum atomic E-state index is 13.8. The Morgan fingerprint density at radius 2 is 1.92 bits per heavy atom. The predicted octanol–water partition coefficient (Wildman–Crippen LogP) is 3.45. The van der Waals surface area contributed by atoms with Crippen LogP contribution in [0.25, 0.3) is 0 Å². The van der Waals surface area contributed by atoms with E-state index in [2.05, 4.69) is 5.32 Å². The molecule has 2 aliphatic carbocycles. The molecule has 2 saturated carbocycles. The maximum absolute atomic E-state index is 13.8. The Balaban J connectivity index is 0.00000208. The molecule has 3 unspecified atom stereocenters. The van der Waals surface area contributed by atoms with E-state index in [-0.39, 0.29) is 42.1 Å². The molecule has 0 spiro atoms. The van der Waals surface area contributed by atoms with Gasteiger partial charge < -0.3 is 11.1 Å². The van der Waals surface area contributed by atoms with Crippen LogP contribution in [0.15, 0.2) is 24.3 Å². The molecule has 0 saturated heterocycles. The number of hydrogen-bond donors (Lipinski definition) is 2. The summed E-state index contributed by atoms with van der Waals surface area (Å²) in [5, 5.41) is 3.26. The third kappa shape index (κ3) is 4.28. The van der Waals surface area contributed by atoms with Gasteiger partial charge in [-0.05, 0) is 55.6 Å². The summed E-state index contributed by atoms with van der Waals surface area (Å²) in [5.41, 5.74) is 6.75. The van der Waals surface area contributed by atoms with Crippen molar-refractivity contribution in [2.24, 2.45) is 23.5 Å². The fraction of sp³-hybridized carbons (Fsp3) is 0.632. The zero-order chi connectivity index (χ0) is 16.4. The summed E-state index contributed by atoms with van der Waals surface area (Å²) in [5.74, 6) is 0.630. The lowest BCUT2D eigenvalue weighted by Gasteiger charge is -2.45. The molecule has 3 nitrogen and oxygen atoms in total. The van der Waals surface area contributed by atoms with Gasteiger partial charge in [-0.25, -0.2) is 4.39 Å². The number of carbonyl (C=O) groups excluding carboxylic acids is 1. The van der Waals surface area contributed by atoms with E-state index in [1.54, 1.807) is 12.1 Å². The molecule has 2 bridgehead atoms. The molecular formula is C19H28ClFN2O. The molecule has 3 N–H and O–H groups in total. The lowest BCUT2D eigenvalue weighted by atomic mass is 9.67. The topological polar surface area (TPSA) is 55.1 Å². The molecule has 134 valence electrons. The third-order valence-corrected chi connectivity index (χ3v) is 5.62. The smallest absolute Gasteiger partial charge is 0.223 e. The van der Waals surface area contributed by atoms with Gasteiger partial charge in [0.25, 0.3) is 0 Å². The molecule has 0 aromatic heterocycles. The number of carbonyl (C=O) groups is 1. The van der Waals surface area contributed by atoms with Crippen molar-refractivity contribution in [2.75, 3.05) is 0 Å². The van der Waals surface area contributed by atoms with Gasteiger partial charge in [0.05, 0.1) is 0 Å². The van der Waals surface area contributed by atoms with Crippen LogP contribution in [0.1, 0.15) is 44.6 Å². The Morgan fingerprint density at radius 1 is 1.29 bits per heavy atom. The summed E-state index contributed by atoms with van der Waals surface area (Å²) in [7, 11) is 0. The van der Waals surface area contributed by atoms with Gasteiger partial charge in [-0.2, -0.15) is 0 Å². The Bertz CT molecular complexity index is 554. The van der Waals surface area contributed by atoms with Crippen LogP contribution in [0, 0.1) is 23.6 Å². The van der Waals surface area contributed by atoms with Crippen LogP contribution in [-0.2, 0) is 11.2 Å². The average molecular weight is 355 g/mol. The van der Waals surface area contributed by atoms with Crippen molar-refractivity contribution in [1.82, 2.24) is 5.32 Å². The van der Waals surface area contributed by atoms with E-state index in [1.165, 1.54) is 12.5 Å². The Morgan fingerprint density at radius 3 is 2.54 bits per heavy atom. The summed E-state index contributed by atoms with van der Waals surface area (Å²) in [6, 6.07) is 7.25. The number of rotatable bonds is 4. The van der Waals surface area contributed by atoms with Crippen molar-refractivity contribution >= 4 is 18.3 Å². The second kappa shape index (κ2) is 8.30. The zero-order valence-electron chi connectivity index (χ0n) is 14.2. The SMILES string of the molecule is CC(Cc1ccccc1F)C(=O)NC1C2CCCC1CC(N)C2.Cl. The van der Waals surface area contributed by atoms with Crippen molar-refractivity contribution in [3.8, 4) is 0 Å². The standard InChI is InChI=1S/C19H27FN2O.ClH/c1-12(9-13-5-2-3-8-17(13)20)19(23)22-18-14-6-4-7-15(18)11-16(21)10-14;/h2-3,5,8,12,14-16,18H,4,6-7,9-11,21H2,1H3,(H,22,23);1H. The molecule has 0 radical (unpaired) electrons.